The fourth-order valence-corrected chi connectivity index (χ4v) is 3.31. The zero-order chi connectivity index (χ0) is 16.8. The third kappa shape index (κ3) is 5.89. The first-order valence-electron chi connectivity index (χ1n) is 7.74. The minimum atomic E-state index is -0.313. The van der Waals surface area contributed by atoms with Crippen molar-refractivity contribution in [1.82, 2.24) is 9.88 Å². The van der Waals surface area contributed by atoms with Crippen molar-refractivity contribution in [3.8, 4) is 0 Å². The van der Waals surface area contributed by atoms with Crippen LogP contribution in [0.5, 0.6) is 0 Å². The predicted octanol–water partition coefficient (Wildman–Crippen LogP) is 1.30. The van der Waals surface area contributed by atoms with Crippen molar-refractivity contribution in [2.45, 2.75) is 39.4 Å². The second-order valence-electron chi connectivity index (χ2n) is 5.63. The van der Waals surface area contributed by atoms with E-state index in [4.69, 9.17) is 9.47 Å². The first-order chi connectivity index (χ1) is 11.0. The van der Waals surface area contributed by atoms with Crippen LogP contribution in [0.4, 0.5) is 5.13 Å². The summed E-state index contributed by atoms with van der Waals surface area (Å²) in [6, 6.07) is 0. The summed E-state index contributed by atoms with van der Waals surface area (Å²) in [5.74, 6) is -0.421. The van der Waals surface area contributed by atoms with Crippen molar-refractivity contribution in [2.24, 2.45) is 0 Å². The van der Waals surface area contributed by atoms with Crippen molar-refractivity contribution in [3.63, 3.8) is 0 Å². The molecule has 2 heterocycles. The standard InChI is InChI=1S/C15H23N3O4S/c1-4-21-14(20)5-12-9-23-15(16-12)17-13(19)8-18-6-10(2)22-11(3)7-18/h9-11H,4-8H2,1-3H3,(H,16,17,19). The molecule has 2 atom stereocenters. The Balaban J connectivity index is 1.81. The number of hydrogen-bond donors (Lipinski definition) is 1. The van der Waals surface area contributed by atoms with E-state index in [1.807, 2.05) is 13.8 Å². The van der Waals surface area contributed by atoms with E-state index in [9.17, 15) is 9.59 Å². The van der Waals surface area contributed by atoms with Gasteiger partial charge in [0.15, 0.2) is 5.13 Å². The molecule has 1 amide bonds. The Morgan fingerprint density at radius 2 is 2.13 bits per heavy atom. The zero-order valence-electron chi connectivity index (χ0n) is 13.7. The lowest BCUT2D eigenvalue weighted by Crippen LogP contribution is -2.48. The van der Waals surface area contributed by atoms with Crippen LogP contribution in [0.1, 0.15) is 26.5 Å². The topological polar surface area (TPSA) is 80.8 Å². The summed E-state index contributed by atoms with van der Waals surface area (Å²) in [4.78, 5) is 29.8. The van der Waals surface area contributed by atoms with E-state index >= 15 is 0 Å². The predicted molar refractivity (Wildman–Crippen MR) is 87.5 cm³/mol. The van der Waals surface area contributed by atoms with Crippen LogP contribution in [0.15, 0.2) is 5.38 Å². The van der Waals surface area contributed by atoms with Gasteiger partial charge in [0, 0.05) is 18.5 Å². The number of anilines is 1. The third-order valence-corrected chi connectivity index (χ3v) is 4.10. The highest BCUT2D eigenvalue weighted by Crippen LogP contribution is 2.16. The number of morpholine rings is 1. The first kappa shape index (κ1) is 17.8. The molecule has 7 nitrogen and oxygen atoms in total. The average Bonchev–Trinajstić information content (AvgIpc) is 2.84. The molecule has 1 aromatic rings. The fourth-order valence-electron chi connectivity index (χ4n) is 2.58. The van der Waals surface area contributed by atoms with Gasteiger partial charge in [-0.1, -0.05) is 0 Å². The first-order valence-corrected chi connectivity index (χ1v) is 8.62. The minimum absolute atomic E-state index is 0.108. The van der Waals surface area contributed by atoms with Gasteiger partial charge in [0.2, 0.25) is 5.91 Å². The van der Waals surface area contributed by atoms with Crippen LogP contribution in [0.3, 0.4) is 0 Å². The molecule has 1 fully saturated rings. The molecule has 1 N–H and O–H groups in total. The molecular weight excluding hydrogens is 318 g/mol. The highest BCUT2D eigenvalue weighted by Gasteiger charge is 2.24. The number of esters is 1. The Kier molecular flexibility index (Phi) is 6.49. The molecule has 8 heteroatoms. The molecule has 1 aromatic heterocycles. The normalized spacial score (nSPS) is 21.9. The van der Waals surface area contributed by atoms with Gasteiger partial charge in [0.1, 0.15) is 0 Å². The van der Waals surface area contributed by atoms with Gasteiger partial charge in [0.25, 0.3) is 0 Å². The Morgan fingerprint density at radius 3 is 2.78 bits per heavy atom. The highest BCUT2D eigenvalue weighted by atomic mass is 32.1. The number of nitrogens with zero attached hydrogens (tertiary/aromatic N) is 2. The smallest absolute Gasteiger partial charge is 0.311 e. The van der Waals surface area contributed by atoms with Gasteiger partial charge in [-0.3, -0.25) is 14.5 Å². The molecule has 2 rings (SSSR count). The molecule has 0 bridgehead atoms. The largest absolute Gasteiger partial charge is 0.466 e. The van der Waals surface area contributed by atoms with Gasteiger partial charge in [-0.25, -0.2) is 4.98 Å². The maximum absolute atomic E-state index is 12.1. The average molecular weight is 341 g/mol. The SMILES string of the molecule is CCOC(=O)Cc1csc(NC(=O)CN2CC(C)OC(C)C2)n1. The molecule has 1 aliphatic heterocycles. The van der Waals surface area contributed by atoms with Crippen LogP contribution in [-0.4, -0.2) is 60.2 Å². The zero-order valence-corrected chi connectivity index (χ0v) is 14.5. The lowest BCUT2D eigenvalue weighted by atomic mass is 10.2. The molecule has 0 spiro atoms. The van der Waals surface area contributed by atoms with E-state index in [0.717, 1.165) is 13.1 Å². The molecule has 0 aromatic carbocycles. The molecule has 0 saturated carbocycles. The third-order valence-electron chi connectivity index (χ3n) is 3.29. The van der Waals surface area contributed by atoms with E-state index in [2.05, 4.69) is 15.2 Å². The number of nitrogens with one attached hydrogen (secondary N) is 1. The van der Waals surface area contributed by atoms with Gasteiger partial charge in [0.05, 0.1) is 37.5 Å². The maximum Gasteiger partial charge on any atom is 0.311 e. The summed E-state index contributed by atoms with van der Waals surface area (Å²) in [6.45, 7) is 7.91. The number of carbonyl (C=O) groups is 2. The summed E-state index contributed by atoms with van der Waals surface area (Å²) < 4.78 is 10.5. The van der Waals surface area contributed by atoms with Gasteiger partial charge >= 0.3 is 5.97 Å². The van der Waals surface area contributed by atoms with Crippen molar-refractivity contribution >= 4 is 28.3 Å². The summed E-state index contributed by atoms with van der Waals surface area (Å²) in [5, 5.41) is 5.04. The molecule has 1 aliphatic rings. The lowest BCUT2D eigenvalue weighted by molar-refractivity contribution is -0.142. The number of amides is 1. The van der Waals surface area contributed by atoms with Crippen LogP contribution >= 0.6 is 11.3 Å². The summed E-state index contributed by atoms with van der Waals surface area (Å²) in [6.07, 6.45) is 0.379. The Labute approximate surface area is 140 Å². The number of ether oxygens (including phenoxy) is 2. The second kappa shape index (κ2) is 8.37. The number of aromatic nitrogens is 1. The van der Waals surface area contributed by atoms with E-state index in [1.165, 1.54) is 11.3 Å². The van der Waals surface area contributed by atoms with E-state index in [1.54, 1.807) is 12.3 Å². The molecule has 128 valence electrons. The molecule has 0 radical (unpaired) electrons. The quantitative estimate of drug-likeness (QED) is 0.786. The van der Waals surface area contributed by atoms with Crippen LogP contribution in [-0.2, 0) is 25.5 Å². The number of carbonyl (C=O) groups excluding carboxylic acids is 2. The number of hydrogen-bond acceptors (Lipinski definition) is 7. The van der Waals surface area contributed by atoms with Crippen molar-refractivity contribution < 1.29 is 19.1 Å². The summed E-state index contributed by atoms with van der Waals surface area (Å²) >= 11 is 1.31. The molecule has 2 unspecified atom stereocenters. The van der Waals surface area contributed by atoms with Gasteiger partial charge in [-0.05, 0) is 20.8 Å². The van der Waals surface area contributed by atoms with Crippen molar-refractivity contribution in [1.29, 1.82) is 0 Å². The molecular formula is C15H23N3O4S. The van der Waals surface area contributed by atoms with Crippen LogP contribution in [0, 0.1) is 0 Å². The van der Waals surface area contributed by atoms with Crippen molar-refractivity contribution in [3.05, 3.63) is 11.1 Å². The van der Waals surface area contributed by atoms with Gasteiger partial charge in [-0.15, -0.1) is 11.3 Å². The summed E-state index contributed by atoms with van der Waals surface area (Å²) in [5.41, 5.74) is 0.609. The van der Waals surface area contributed by atoms with Gasteiger partial charge < -0.3 is 14.8 Å². The van der Waals surface area contributed by atoms with Crippen LogP contribution < -0.4 is 5.32 Å². The van der Waals surface area contributed by atoms with Crippen molar-refractivity contribution in [2.75, 3.05) is 31.6 Å². The Morgan fingerprint density at radius 1 is 1.43 bits per heavy atom. The second-order valence-corrected chi connectivity index (χ2v) is 6.48. The fraction of sp³-hybridized carbons (Fsp3) is 0.667. The van der Waals surface area contributed by atoms with Gasteiger partial charge in [-0.2, -0.15) is 0 Å². The highest BCUT2D eigenvalue weighted by molar-refractivity contribution is 7.13. The summed E-state index contributed by atoms with van der Waals surface area (Å²) in [7, 11) is 0. The van der Waals surface area contributed by atoms with E-state index in [0.29, 0.717) is 24.0 Å². The molecule has 0 aliphatic carbocycles. The number of thiazole rings is 1. The maximum atomic E-state index is 12.1. The van der Waals surface area contributed by atoms with Crippen LogP contribution in [0.25, 0.3) is 0 Å². The monoisotopic (exact) mass is 341 g/mol. The van der Waals surface area contributed by atoms with Crippen LogP contribution in [0.2, 0.25) is 0 Å². The van der Waals surface area contributed by atoms with E-state index in [-0.39, 0.29) is 30.5 Å². The lowest BCUT2D eigenvalue weighted by Gasteiger charge is -2.34. The molecule has 23 heavy (non-hydrogen) atoms. The Hall–Kier alpha value is -1.51. The molecule has 1 saturated heterocycles. The Bertz CT molecular complexity index is 539. The number of rotatable bonds is 6. The minimum Gasteiger partial charge on any atom is -0.466 e. The van der Waals surface area contributed by atoms with E-state index < -0.39 is 0 Å².